The zero-order valence-electron chi connectivity index (χ0n) is 54.2. The van der Waals surface area contributed by atoms with Crippen molar-refractivity contribution in [2.24, 2.45) is 16.2 Å². The van der Waals surface area contributed by atoms with E-state index in [4.69, 9.17) is 14.2 Å². The molecule has 3 atom stereocenters. The zero-order valence-corrected chi connectivity index (χ0v) is 54.2. The average molecular weight is 1230 g/mol. The van der Waals surface area contributed by atoms with Gasteiger partial charge in [0.1, 0.15) is 59.2 Å². The number of hydrogen-bond acceptors (Lipinski definition) is 14. The maximum atomic E-state index is 15.2. The quantitative estimate of drug-likeness (QED) is 0.0151. The van der Waals surface area contributed by atoms with Gasteiger partial charge in [-0.15, -0.1) is 0 Å². The third-order valence-electron chi connectivity index (χ3n) is 16.3. The smallest absolute Gasteiger partial charge is 0.408 e. The predicted octanol–water partition coefficient (Wildman–Crippen LogP) is 9.45. The van der Waals surface area contributed by atoms with Crippen molar-refractivity contribution in [2.45, 2.75) is 215 Å². The van der Waals surface area contributed by atoms with E-state index in [0.29, 0.717) is 31.0 Å². The minimum absolute atomic E-state index is 0.00999. The molecule has 0 radical (unpaired) electrons. The Morgan fingerprint density at radius 1 is 0.557 bits per heavy atom. The second-order valence-corrected chi connectivity index (χ2v) is 28.0. The second kappa shape index (κ2) is 28.6. The van der Waals surface area contributed by atoms with Crippen LogP contribution in [0.5, 0.6) is 0 Å². The van der Waals surface area contributed by atoms with Crippen LogP contribution >= 0.6 is 0 Å². The molecule has 0 saturated carbocycles. The van der Waals surface area contributed by atoms with Gasteiger partial charge in [0.2, 0.25) is 5.91 Å². The molecule has 2 aromatic carbocycles. The van der Waals surface area contributed by atoms with Crippen LogP contribution in [-0.4, -0.2) is 135 Å². The fraction of sp³-hybridized carbons (Fsp3) is 0.600. The predicted molar refractivity (Wildman–Crippen MR) is 330 cm³/mol. The molecule has 2 aromatic heterocycles. The van der Waals surface area contributed by atoms with E-state index in [1.165, 1.54) is 20.8 Å². The van der Waals surface area contributed by atoms with Crippen LogP contribution in [-0.2, 0) is 69.2 Å². The number of benzene rings is 2. The molecule has 0 bridgehead atoms. The number of unbranched alkanes of at least 4 members (excludes halogenated alkanes) is 2. The summed E-state index contributed by atoms with van der Waals surface area (Å²) < 4.78 is 20.8. The number of aliphatic carboxylic acids is 3. The van der Waals surface area contributed by atoms with Crippen LogP contribution in [0, 0.1) is 16.2 Å². The molecular weight excluding hydrogens is 1130 g/mol. The van der Waals surface area contributed by atoms with E-state index in [0.717, 1.165) is 22.3 Å². The Morgan fingerprint density at radius 2 is 0.989 bits per heavy atom. The van der Waals surface area contributed by atoms with Gasteiger partial charge in [-0.05, 0) is 132 Å². The number of rotatable bonds is 29. The number of amides is 4. The summed E-state index contributed by atoms with van der Waals surface area (Å²) in [7, 11) is 0. The Balaban J connectivity index is 1.42. The summed E-state index contributed by atoms with van der Waals surface area (Å²) in [6, 6.07) is 14.8. The molecule has 3 unspecified atom stereocenters. The number of carbonyl (C=O) groups is 8. The SMILES string of the molecule is CC(C)(C)OC(=O)Cn1ccnc1CN(CCCCC(NC(=O)OCC1c2ccccc2-c2ccccc21)(C(=O)NCCCCC(NC(=O)NC(CCC(=O)O)(C(=O)O)C(C)(C)C)(C(=O)O)C(C)(C)C)C(C)(C)C)Cc1nccn1CC(=O)OC(C)(C)C. The molecule has 0 aliphatic heterocycles. The fourth-order valence-corrected chi connectivity index (χ4v) is 11.4. The van der Waals surface area contributed by atoms with Gasteiger partial charge in [0.25, 0.3) is 0 Å². The molecule has 1 aliphatic rings. The Bertz CT molecular complexity index is 3000. The summed E-state index contributed by atoms with van der Waals surface area (Å²) in [4.78, 5) is 119. The minimum Gasteiger partial charge on any atom is -0.481 e. The number of hydrogen-bond donors (Lipinski definition) is 7. The van der Waals surface area contributed by atoms with Crippen molar-refractivity contribution in [2.75, 3.05) is 19.7 Å². The number of carboxylic acids is 3. The summed E-state index contributed by atoms with van der Waals surface area (Å²) in [5, 5.41) is 42.0. The average Bonchev–Trinajstić information content (AvgIpc) is 1.42. The van der Waals surface area contributed by atoms with Crippen molar-refractivity contribution < 1.29 is 67.9 Å². The number of fused-ring (bicyclic) bond motifs is 3. The first-order valence-corrected chi connectivity index (χ1v) is 30.1. The number of esters is 2. The zero-order chi connectivity index (χ0) is 65.8. The Morgan fingerprint density at radius 3 is 1.42 bits per heavy atom. The van der Waals surface area contributed by atoms with Gasteiger partial charge in [-0.2, -0.15) is 0 Å². The number of carbonyl (C=O) groups excluding carboxylic acids is 5. The van der Waals surface area contributed by atoms with Crippen molar-refractivity contribution in [3.63, 3.8) is 0 Å². The first kappa shape index (κ1) is 70.9. The summed E-state index contributed by atoms with van der Waals surface area (Å²) in [5.74, 6) is -4.72. The highest BCUT2D eigenvalue weighted by atomic mass is 16.6. The molecule has 484 valence electrons. The van der Waals surface area contributed by atoms with Gasteiger partial charge < -0.3 is 59.9 Å². The van der Waals surface area contributed by atoms with Crippen molar-refractivity contribution in [3.8, 4) is 11.1 Å². The molecule has 2 heterocycles. The molecule has 88 heavy (non-hydrogen) atoms. The lowest BCUT2D eigenvalue weighted by Crippen LogP contribution is -2.69. The van der Waals surface area contributed by atoms with Gasteiger partial charge in [0.05, 0.1) is 13.1 Å². The van der Waals surface area contributed by atoms with Gasteiger partial charge in [0, 0.05) is 43.7 Å². The highest BCUT2D eigenvalue weighted by Gasteiger charge is 2.54. The van der Waals surface area contributed by atoms with Gasteiger partial charge in [-0.25, -0.2) is 29.1 Å². The second-order valence-electron chi connectivity index (χ2n) is 28.0. The van der Waals surface area contributed by atoms with Crippen LogP contribution in [0.25, 0.3) is 11.1 Å². The highest BCUT2D eigenvalue weighted by molar-refractivity contribution is 5.92. The van der Waals surface area contributed by atoms with E-state index >= 15 is 4.79 Å². The fourth-order valence-electron chi connectivity index (χ4n) is 11.4. The third kappa shape index (κ3) is 18.2. The summed E-state index contributed by atoms with van der Waals surface area (Å²) in [6.07, 6.45) is 5.84. The third-order valence-corrected chi connectivity index (χ3v) is 16.3. The molecular formula is C65H95N9O14. The molecule has 0 saturated heterocycles. The van der Waals surface area contributed by atoms with Crippen molar-refractivity contribution in [3.05, 3.63) is 96.1 Å². The summed E-state index contributed by atoms with van der Waals surface area (Å²) in [5.41, 5.74) is -6.38. The Kier molecular flexibility index (Phi) is 23.0. The highest BCUT2D eigenvalue weighted by Crippen LogP contribution is 2.45. The van der Waals surface area contributed by atoms with E-state index in [2.05, 4.69) is 36.1 Å². The van der Waals surface area contributed by atoms with Gasteiger partial charge in [-0.3, -0.25) is 24.1 Å². The number of aromatic nitrogens is 4. The van der Waals surface area contributed by atoms with Gasteiger partial charge in [0.15, 0.2) is 0 Å². The Labute approximate surface area is 517 Å². The molecule has 7 N–H and O–H groups in total. The minimum atomic E-state index is -2.10. The molecule has 4 aromatic rings. The first-order valence-electron chi connectivity index (χ1n) is 30.1. The Hall–Kier alpha value is -7.82. The number of alkyl carbamates (subject to hydrolysis) is 1. The number of urea groups is 1. The van der Waals surface area contributed by atoms with Crippen LogP contribution in [0.1, 0.15) is 184 Å². The lowest BCUT2D eigenvalue weighted by Gasteiger charge is -2.45. The molecule has 5 rings (SSSR count). The van der Waals surface area contributed by atoms with E-state index in [-0.39, 0.29) is 70.9 Å². The monoisotopic (exact) mass is 1230 g/mol. The number of nitrogens with one attached hydrogen (secondary N) is 4. The molecule has 23 heteroatoms. The van der Waals surface area contributed by atoms with Gasteiger partial charge in [-0.1, -0.05) is 111 Å². The molecule has 1 aliphatic carbocycles. The van der Waals surface area contributed by atoms with Crippen LogP contribution in [0.4, 0.5) is 9.59 Å². The number of nitrogens with zero attached hydrogens (tertiary/aromatic N) is 5. The van der Waals surface area contributed by atoms with E-state index in [1.54, 1.807) is 96.2 Å². The number of ether oxygens (including phenoxy) is 3. The van der Waals surface area contributed by atoms with E-state index < -0.39 is 105 Å². The van der Waals surface area contributed by atoms with Gasteiger partial charge >= 0.3 is 42.0 Å². The molecule has 0 spiro atoms. The normalized spacial score (nSPS) is 14.9. The van der Waals surface area contributed by atoms with Crippen molar-refractivity contribution in [1.82, 2.24) is 45.3 Å². The van der Waals surface area contributed by atoms with Crippen molar-refractivity contribution >= 4 is 47.9 Å². The standard InChI is InChI=1S/C65H95N9O14/c1-58(2,3)63(71-57(85)86-42-47-45-26-18-16-24-43(45)44-25-17-19-27-46(44)47,53(79)68-32-22-20-30-64(54(80)81,59(4,5)6)69-56(84)70-65(55(82)83,60(7,8)9)31-28-50(75)76)29-21-23-35-72(38-48-66-33-36-73(48)40-51(77)87-61(10,11)12)39-49-67-34-37-74(49)41-52(78)88-62(13,14)15/h16-19,24-27,33-34,36-37,47H,20-23,28-32,35,38-42H2,1-15H3,(H,68,79)(H,71,85)(H,75,76)(H,80,81)(H,82,83)(H2,69,70,84). The number of carboxylic acid groups (broad SMARTS) is 3. The maximum Gasteiger partial charge on any atom is 0.408 e. The molecule has 4 amide bonds. The van der Waals surface area contributed by atoms with Crippen LogP contribution in [0.2, 0.25) is 0 Å². The largest absolute Gasteiger partial charge is 0.481 e. The van der Waals surface area contributed by atoms with Crippen LogP contribution < -0.4 is 21.3 Å². The van der Waals surface area contributed by atoms with E-state index in [1.807, 2.05) is 69.3 Å². The van der Waals surface area contributed by atoms with E-state index in [9.17, 15) is 48.9 Å². The summed E-state index contributed by atoms with van der Waals surface area (Å²) >= 11 is 0. The lowest BCUT2D eigenvalue weighted by molar-refractivity contribution is -0.156. The molecule has 23 nitrogen and oxygen atoms in total. The topological polar surface area (TPSA) is 312 Å². The first-order chi connectivity index (χ1) is 40.7. The maximum absolute atomic E-state index is 15.2. The van der Waals surface area contributed by atoms with Crippen LogP contribution in [0.15, 0.2) is 73.3 Å². The van der Waals surface area contributed by atoms with Crippen molar-refractivity contribution in [1.29, 1.82) is 0 Å². The molecule has 0 fully saturated rings. The van der Waals surface area contributed by atoms with Crippen LogP contribution in [0.3, 0.4) is 0 Å². The lowest BCUT2D eigenvalue weighted by atomic mass is 9.69. The summed E-state index contributed by atoms with van der Waals surface area (Å²) in [6.45, 7) is 26.4. The number of imidazole rings is 2.